The van der Waals surface area contributed by atoms with E-state index >= 15 is 0 Å². The molecule has 0 aromatic carbocycles. The molecule has 4 heteroatoms. The Morgan fingerprint density at radius 3 is 2.58 bits per heavy atom. The second-order valence-corrected chi connectivity index (χ2v) is 6.13. The van der Waals surface area contributed by atoms with E-state index < -0.39 is 0 Å². The van der Waals surface area contributed by atoms with Gasteiger partial charge in [-0.2, -0.15) is 0 Å². The number of ether oxygens (including phenoxy) is 1. The first-order chi connectivity index (χ1) is 9.18. The van der Waals surface area contributed by atoms with Gasteiger partial charge in [-0.15, -0.1) is 0 Å². The maximum absolute atomic E-state index is 12.3. The minimum atomic E-state index is -0.0968. The fourth-order valence-electron chi connectivity index (χ4n) is 3.35. The summed E-state index contributed by atoms with van der Waals surface area (Å²) in [6.07, 6.45) is 7.02. The zero-order valence-electron chi connectivity index (χ0n) is 12.4. The van der Waals surface area contributed by atoms with E-state index in [9.17, 15) is 4.79 Å². The highest BCUT2D eigenvalue weighted by Crippen LogP contribution is 2.28. The maximum atomic E-state index is 12.3. The van der Waals surface area contributed by atoms with Gasteiger partial charge >= 0.3 is 6.09 Å². The minimum absolute atomic E-state index is 0.0237. The van der Waals surface area contributed by atoms with Crippen molar-refractivity contribution >= 4 is 6.09 Å². The molecular formula is C15H28N2O2. The van der Waals surface area contributed by atoms with E-state index in [2.05, 4.69) is 5.32 Å². The third-order valence-electron chi connectivity index (χ3n) is 4.30. The van der Waals surface area contributed by atoms with Crippen LogP contribution in [0, 0.1) is 5.92 Å². The molecule has 1 amide bonds. The van der Waals surface area contributed by atoms with E-state index in [-0.39, 0.29) is 12.2 Å². The summed E-state index contributed by atoms with van der Waals surface area (Å²) in [7, 11) is 0. The number of likely N-dealkylation sites (tertiary alicyclic amines) is 1. The van der Waals surface area contributed by atoms with Crippen LogP contribution in [0.5, 0.6) is 0 Å². The van der Waals surface area contributed by atoms with Crippen LogP contribution in [0.3, 0.4) is 0 Å². The first kappa shape index (κ1) is 14.6. The Labute approximate surface area is 116 Å². The average molecular weight is 268 g/mol. The Hall–Kier alpha value is -0.770. The zero-order chi connectivity index (χ0) is 13.7. The molecule has 110 valence electrons. The van der Waals surface area contributed by atoms with Crippen molar-refractivity contribution in [2.24, 2.45) is 5.92 Å². The van der Waals surface area contributed by atoms with Gasteiger partial charge in [-0.1, -0.05) is 12.8 Å². The largest absolute Gasteiger partial charge is 0.447 e. The molecule has 19 heavy (non-hydrogen) atoms. The molecule has 2 rings (SSSR count). The molecule has 1 N–H and O–H groups in total. The lowest BCUT2D eigenvalue weighted by Crippen LogP contribution is -2.47. The lowest BCUT2D eigenvalue weighted by molar-refractivity contribution is 0.0486. The molecule has 0 aromatic heterocycles. The maximum Gasteiger partial charge on any atom is 0.410 e. The number of hydrogen-bond donors (Lipinski definition) is 1. The molecule has 2 aliphatic rings. The normalized spacial score (nSPS) is 26.3. The molecule has 0 bridgehead atoms. The van der Waals surface area contributed by atoms with Gasteiger partial charge in [0.25, 0.3) is 0 Å². The van der Waals surface area contributed by atoms with Crippen molar-refractivity contribution in [2.45, 2.75) is 64.5 Å². The lowest BCUT2D eigenvalue weighted by atomic mass is 9.87. The summed E-state index contributed by atoms with van der Waals surface area (Å²) in [6.45, 7) is 6.91. The van der Waals surface area contributed by atoms with Gasteiger partial charge in [-0.3, -0.25) is 0 Å². The highest BCUT2D eigenvalue weighted by atomic mass is 16.6. The van der Waals surface area contributed by atoms with Crippen LogP contribution in [-0.2, 0) is 4.74 Å². The molecule has 4 nitrogen and oxygen atoms in total. The van der Waals surface area contributed by atoms with E-state index in [0.717, 1.165) is 32.5 Å². The number of piperidine rings is 1. The number of rotatable bonds is 2. The Morgan fingerprint density at radius 2 is 1.89 bits per heavy atom. The minimum Gasteiger partial charge on any atom is -0.447 e. The molecule has 1 unspecified atom stereocenters. The van der Waals surface area contributed by atoms with Crippen molar-refractivity contribution in [3.05, 3.63) is 0 Å². The Bertz CT molecular complexity index is 288. The van der Waals surface area contributed by atoms with Gasteiger partial charge in [0.2, 0.25) is 0 Å². The summed E-state index contributed by atoms with van der Waals surface area (Å²) < 4.78 is 5.44. The van der Waals surface area contributed by atoms with Crippen LogP contribution in [-0.4, -0.2) is 42.8 Å². The first-order valence-electron chi connectivity index (χ1n) is 7.86. The molecule has 2 aliphatic heterocycles. The molecule has 0 spiro atoms. The van der Waals surface area contributed by atoms with Crippen molar-refractivity contribution < 1.29 is 9.53 Å². The third kappa shape index (κ3) is 4.10. The van der Waals surface area contributed by atoms with E-state index in [1.165, 1.54) is 25.7 Å². The lowest BCUT2D eigenvalue weighted by Gasteiger charge is -2.37. The fourth-order valence-corrected chi connectivity index (χ4v) is 3.35. The monoisotopic (exact) mass is 268 g/mol. The Kier molecular flexibility index (Phi) is 5.49. The molecule has 0 aromatic rings. The highest BCUT2D eigenvalue weighted by Gasteiger charge is 2.33. The Morgan fingerprint density at radius 1 is 1.16 bits per heavy atom. The smallest absolute Gasteiger partial charge is 0.410 e. The number of amides is 1. The van der Waals surface area contributed by atoms with E-state index in [4.69, 9.17) is 4.74 Å². The SMILES string of the molecule is CC(C)OC(=O)N1CCCCCC1C1CCNCC1. The van der Waals surface area contributed by atoms with Gasteiger partial charge in [-0.25, -0.2) is 4.79 Å². The van der Waals surface area contributed by atoms with Crippen molar-refractivity contribution in [2.75, 3.05) is 19.6 Å². The van der Waals surface area contributed by atoms with Crippen LogP contribution < -0.4 is 5.32 Å². The summed E-state index contributed by atoms with van der Waals surface area (Å²) in [4.78, 5) is 14.3. The van der Waals surface area contributed by atoms with Crippen molar-refractivity contribution in [1.82, 2.24) is 10.2 Å². The van der Waals surface area contributed by atoms with Crippen LogP contribution in [0.15, 0.2) is 0 Å². The molecule has 2 heterocycles. The topological polar surface area (TPSA) is 41.6 Å². The van der Waals surface area contributed by atoms with Crippen molar-refractivity contribution in [3.8, 4) is 0 Å². The number of hydrogen-bond acceptors (Lipinski definition) is 3. The van der Waals surface area contributed by atoms with E-state index in [1.807, 2.05) is 18.7 Å². The predicted molar refractivity (Wildman–Crippen MR) is 76.2 cm³/mol. The van der Waals surface area contributed by atoms with Crippen LogP contribution in [0.2, 0.25) is 0 Å². The second-order valence-electron chi connectivity index (χ2n) is 6.13. The molecular weight excluding hydrogens is 240 g/mol. The van der Waals surface area contributed by atoms with Crippen LogP contribution in [0.1, 0.15) is 52.4 Å². The average Bonchev–Trinajstić information content (AvgIpc) is 2.64. The fraction of sp³-hybridized carbons (Fsp3) is 0.933. The second kappa shape index (κ2) is 7.13. The van der Waals surface area contributed by atoms with Crippen LogP contribution in [0.25, 0.3) is 0 Å². The van der Waals surface area contributed by atoms with Crippen LogP contribution >= 0.6 is 0 Å². The van der Waals surface area contributed by atoms with Gasteiger partial charge in [0.05, 0.1) is 6.10 Å². The van der Waals surface area contributed by atoms with Gasteiger partial charge in [-0.05, 0) is 58.5 Å². The molecule has 1 atom stereocenters. The third-order valence-corrected chi connectivity index (χ3v) is 4.30. The van der Waals surface area contributed by atoms with E-state index in [1.54, 1.807) is 0 Å². The standard InChI is InChI=1S/C15H28N2O2/c1-12(2)19-15(18)17-11-5-3-4-6-14(17)13-7-9-16-10-8-13/h12-14,16H,3-11H2,1-2H3. The molecule has 0 radical (unpaired) electrons. The first-order valence-corrected chi connectivity index (χ1v) is 7.86. The number of nitrogens with one attached hydrogen (secondary N) is 1. The number of nitrogens with zero attached hydrogens (tertiary/aromatic N) is 1. The molecule has 2 saturated heterocycles. The molecule has 2 fully saturated rings. The Balaban J connectivity index is 2.03. The van der Waals surface area contributed by atoms with Gasteiger partial charge in [0.1, 0.15) is 0 Å². The van der Waals surface area contributed by atoms with Gasteiger partial charge in [0.15, 0.2) is 0 Å². The summed E-state index contributed by atoms with van der Waals surface area (Å²) in [5, 5.41) is 3.41. The molecule has 0 aliphatic carbocycles. The number of carbonyl (C=O) groups is 1. The van der Waals surface area contributed by atoms with Gasteiger partial charge < -0.3 is 15.0 Å². The summed E-state index contributed by atoms with van der Waals surface area (Å²) in [5.74, 6) is 0.652. The zero-order valence-corrected chi connectivity index (χ0v) is 12.4. The number of carbonyl (C=O) groups excluding carboxylic acids is 1. The quantitative estimate of drug-likeness (QED) is 0.837. The highest BCUT2D eigenvalue weighted by molar-refractivity contribution is 5.68. The summed E-state index contributed by atoms with van der Waals surface area (Å²) >= 11 is 0. The van der Waals surface area contributed by atoms with Gasteiger partial charge in [0, 0.05) is 12.6 Å². The van der Waals surface area contributed by atoms with Crippen LogP contribution in [0.4, 0.5) is 4.79 Å². The molecule has 0 saturated carbocycles. The van der Waals surface area contributed by atoms with Crippen molar-refractivity contribution in [3.63, 3.8) is 0 Å². The van der Waals surface area contributed by atoms with Crippen molar-refractivity contribution in [1.29, 1.82) is 0 Å². The summed E-state index contributed by atoms with van der Waals surface area (Å²) in [5.41, 5.74) is 0. The summed E-state index contributed by atoms with van der Waals surface area (Å²) in [6, 6.07) is 0.399. The van der Waals surface area contributed by atoms with E-state index in [0.29, 0.717) is 12.0 Å². The predicted octanol–water partition coefficient (Wildman–Crippen LogP) is 2.78.